The van der Waals surface area contributed by atoms with E-state index in [1.165, 1.54) is 12.1 Å². The SMILES string of the molecule is O=C(Nc1ccc(OC(F)F)c(F)c1)c1cc(Cl)sc1Cl. The van der Waals surface area contributed by atoms with Crippen LogP contribution in [0.5, 0.6) is 5.75 Å². The Bertz CT molecular complexity index is 679. The van der Waals surface area contributed by atoms with Crippen molar-refractivity contribution in [1.82, 2.24) is 0 Å². The van der Waals surface area contributed by atoms with Gasteiger partial charge in [0.15, 0.2) is 11.6 Å². The lowest BCUT2D eigenvalue weighted by molar-refractivity contribution is -0.0521. The molecule has 0 fully saturated rings. The van der Waals surface area contributed by atoms with Gasteiger partial charge in [0.25, 0.3) is 5.91 Å². The maximum atomic E-state index is 13.5. The number of hydrogen-bond donors (Lipinski definition) is 1. The summed E-state index contributed by atoms with van der Waals surface area (Å²) in [6, 6.07) is 4.44. The summed E-state index contributed by atoms with van der Waals surface area (Å²) < 4.78 is 42.0. The van der Waals surface area contributed by atoms with Gasteiger partial charge in [0.05, 0.1) is 9.90 Å². The molecule has 1 N–H and O–H groups in total. The van der Waals surface area contributed by atoms with Crippen LogP contribution in [0.4, 0.5) is 18.9 Å². The summed E-state index contributed by atoms with van der Waals surface area (Å²) in [6.07, 6.45) is 0. The number of nitrogens with one attached hydrogen (secondary N) is 1. The summed E-state index contributed by atoms with van der Waals surface area (Å²) in [6.45, 7) is -3.13. The first-order valence-corrected chi connectivity index (χ1v) is 6.94. The average molecular weight is 356 g/mol. The molecule has 0 aliphatic rings. The molecular formula is C12H6Cl2F3NO2S. The number of hydrogen-bond acceptors (Lipinski definition) is 3. The lowest BCUT2D eigenvalue weighted by Crippen LogP contribution is -2.12. The summed E-state index contributed by atoms with van der Waals surface area (Å²) in [7, 11) is 0. The van der Waals surface area contributed by atoms with Crippen molar-refractivity contribution in [3.63, 3.8) is 0 Å². The molecule has 9 heteroatoms. The Labute approximate surface area is 131 Å². The van der Waals surface area contributed by atoms with Crippen molar-refractivity contribution in [2.24, 2.45) is 0 Å². The second-order valence-corrected chi connectivity index (χ2v) is 6.00. The van der Waals surface area contributed by atoms with Gasteiger partial charge in [-0.1, -0.05) is 23.2 Å². The van der Waals surface area contributed by atoms with Crippen LogP contribution in [0.2, 0.25) is 8.67 Å². The molecule has 0 radical (unpaired) electrons. The van der Waals surface area contributed by atoms with E-state index in [0.717, 1.165) is 23.5 Å². The minimum atomic E-state index is -3.13. The lowest BCUT2D eigenvalue weighted by atomic mass is 10.2. The van der Waals surface area contributed by atoms with Crippen LogP contribution in [-0.4, -0.2) is 12.5 Å². The number of rotatable bonds is 4. The van der Waals surface area contributed by atoms with Gasteiger partial charge in [-0.25, -0.2) is 4.39 Å². The number of carbonyl (C=O) groups excluding carboxylic acids is 1. The molecule has 0 unspecified atom stereocenters. The van der Waals surface area contributed by atoms with E-state index in [4.69, 9.17) is 23.2 Å². The summed E-state index contributed by atoms with van der Waals surface area (Å²) >= 11 is 12.5. The third-order valence-corrected chi connectivity index (χ3v) is 3.79. The van der Waals surface area contributed by atoms with E-state index in [2.05, 4.69) is 10.1 Å². The van der Waals surface area contributed by atoms with Gasteiger partial charge >= 0.3 is 6.61 Å². The molecule has 0 saturated heterocycles. The molecule has 1 heterocycles. The van der Waals surface area contributed by atoms with E-state index >= 15 is 0 Å². The molecule has 0 bridgehead atoms. The van der Waals surface area contributed by atoms with Crippen LogP contribution in [0, 0.1) is 5.82 Å². The molecule has 0 aliphatic carbocycles. The molecule has 0 saturated carbocycles. The first kappa shape index (κ1) is 15.9. The van der Waals surface area contributed by atoms with Gasteiger partial charge in [-0.05, 0) is 18.2 Å². The third kappa shape index (κ3) is 4.03. The van der Waals surface area contributed by atoms with Gasteiger partial charge < -0.3 is 10.1 Å². The fourth-order valence-electron chi connectivity index (χ4n) is 1.46. The maximum Gasteiger partial charge on any atom is 0.387 e. The van der Waals surface area contributed by atoms with Gasteiger partial charge in [-0.2, -0.15) is 8.78 Å². The number of carbonyl (C=O) groups is 1. The quantitative estimate of drug-likeness (QED) is 0.833. The Kier molecular flexibility index (Phi) is 4.97. The van der Waals surface area contributed by atoms with Crippen molar-refractivity contribution in [3.8, 4) is 5.75 Å². The Morgan fingerprint density at radius 3 is 2.52 bits per heavy atom. The van der Waals surface area contributed by atoms with Crippen LogP contribution in [0.3, 0.4) is 0 Å². The zero-order chi connectivity index (χ0) is 15.6. The number of benzene rings is 1. The number of anilines is 1. The van der Waals surface area contributed by atoms with Crippen LogP contribution in [0.1, 0.15) is 10.4 Å². The third-order valence-electron chi connectivity index (χ3n) is 2.31. The van der Waals surface area contributed by atoms with Gasteiger partial charge in [0, 0.05) is 11.8 Å². The van der Waals surface area contributed by atoms with Crippen molar-refractivity contribution in [1.29, 1.82) is 0 Å². The summed E-state index contributed by atoms with van der Waals surface area (Å²) in [5, 5.41) is 2.38. The Morgan fingerprint density at radius 2 is 2.00 bits per heavy atom. The highest BCUT2D eigenvalue weighted by Crippen LogP contribution is 2.32. The van der Waals surface area contributed by atoms with Crippen LogP contribution in [0.25, 0.3) is 0 Å². The molecular weight excluding hydrogens is 350 g/mol. The number of halogens is 5. The van der Waals surface area contributed by atoms with Gasteiger partial charge in [0.1, 0.15) is 4.34 Å². The number of alkyl halides is 2. The zero-order valence-corrected chi connectivity index (χ0v) is 12.3. The molecule has 3 nitrogen and oxygen atoms in total. The molecule has 2 rings (SSSR count). The van der Waals surface area contributed by atoms with Gasteiger partial charge in [-0.3, -0.25) is 4.79 Å². The highest BCUT2D eigenvalue weighted by atomic mass is 35.5. The van der Waals surface area contributed by atoms with Crippen molar-refractivity contribution >= 4 is 46.1 Å². The van der Waals surface area contributed by atoms with E-state index in [1.54, 1.807) is 0 Å². The molecule has 1 aromatic heterocycles. The van der Waals surface area contributed by atoms with Crippen LogP contribution >= 0.6 is 34.5 Å². The normalized spacial score (nSPS) is 10.8. The number of amides is 1. The number of thiophene rings is 1. The Morgan fingerprint density at radius 1 is 1.29 bits per heavy atom. The predicted octanol–water partition coefficient (Wildman–Crippen LogP) is 5.05. The standard InChI is InChI=1S/C12H6Cl2F3NO2S/c13-9-4-6(10(14)21-9)11(19)18-5-1-2-8(7(15)3-5)20-12(16)17/h1-4,12H,(H,18,19). The molecule has 1 amide bonds. The van der Waals surface area contributed by atoms with Crippen LogP contribution < -0.4 is 10.1 Å². The van der Waals surface area contributed by atoms with Crippen molar-refractivity contribution < 1.29 is 22.7 Å². The van der Waals surface area contributed by atoms with Crippen molar-refractivity contribution in [3.05, 3.63) is 44.3 Å². The molecule has 2 aromatic rings. The molecule has 1 aromatic carbocycles. The predicted molar refractivity (Wildman–Crippen MR) is 75.3 cm³/mol. The highest BCUT2D eigenvalue weighted by molar-refractivity contribution is 7.20. The van der Waals surface area contributed by atoms with E-state index in [9.17, 15) is 18.0 Å². The van der Waals surface area contributed by atoms with Crippen molar-refractivity contribution in [2.45, 2.75) is 6.61 Å². The molecule has 0 atom stereocenters. The second kappa shape index (κ2) is 6.55. The largest absolute Gasteiger partial charge is 0.432 e. The first-order valence-electron chi connectivity index (χ1n) is 5.37. The van der Waals surface area contributed by atoms with Crippen LogP contribution in [0.15, 0.2) is 24.3 Å². The van der Waals surface area contributed by atoms with E-state index < -0.39 is 24.1 Å². The van der Waals surface area contributed by atoms with E-state index in [-0.39, 0.29) is 15.6 Å². The van der Waals surface area contributed by atoms with E-state index in [1.807, 2.05) is 0 Å². The number of ether oxygens (including phenoxy) is 1. The maximum absolute atomic E-state index is 13.5. The van der Waals surface area contributed by atoms with Crippen LogP contribution in [-0.2, 0) is 0 Å². The summed E-state index contributed by atoms with van der Waals surface area (Å²) in [5.74, 6) is -2.23. The molecule has 0 spiro atoms. The fraction of sp³-hybridized carbons (Fsp3) is 0.0833. The molecule has 21 heavy (non-hydrogen) atoms. The minimum Gasteiger partial charge on any atom is -0.432 e. The second-order valence-electron chi connectivity index (χ2n) is 3.72. The highest BCUT2D eigenvalue weighted by Gasteiger charge is 2.16. The first-order chi connectivity index (χ1) is 9.86. The molecule has 112 valence electrons. The van der Waals surface area contributed by atoms with Gasteiger partial charge in [-0.15, -0.1) is 11.3 Å². The lowest BCUT2D eigenvalue weighted by Gasteiger charge is -2.08. The topological polar surface area (TPSA) is 38.3 Å². The zero-order valence-electron chi connectivity index (χ0n) is 10.0. The van der Waals surface area contributed by atoms with E-state index in [0.29, 0.717) is 4.34 Å². The molecule has 0 aliphatic heterocycles. The summed E-state index contributed by atoms with van der Waals surface area (Å²) in [5.41, 5.74) is 0.206. The Balaban J connectivity index is 2.15. The monoisotopic (exact) mass is 355 g/mol. The smallest absolute Gasteiger partial charge is 0.387 e. The average Bonchev–Trinajstić information content (AvgIpc) is 2.71. The summed E-state index contributed by atoms with van der Waals surface area (Å²) in [4.78, 5) is 11.9. The Hall–Kier alpha value is -1.44. The van der Waals surface area contributed by atoms with Gasteiger partial charge in [0.2, 0.25) is 0 Å². The minimum absolute atomic E-state index is 0.0671. The van der Waals surface area contributed by atoms with Crippen molar-refractivity contribution in [2.75, 3.05) is 5.32 Å². The fourth-order valence-corrected chi connectivity index (χ4v) is 2.92.